The van der Waals surface area contributed by atoms with Gasteiger partial charge in [-0.15, -0.1) is 0 Å². The highest BCUT2D eigenvalue weighted by Crippen LogP contribution is 2.18. The number of nitrogens with zero attached hydrogens (tertiary/aromatic N) is 2. The van der Waals surface area contributed by atoms with Gasteiger partial charge in [-0.05, 0) is 30.5 Å². The second-order valence-corrected chi connectivity index (χ2v) is 7.80. The Balaban J connectivity index is 1.47. The van der Waals surface area contributed by atoms with Crippen LogP contribution >= 0.6 is 11.6 Å². The molecule has 3 rings (SSSR count). The van der Waals surface area contributed by atoms with Gasteiger partial charge in [0.15, 0.2) is 0 Å². The molecule has 0 atom stereocenters. The molecule has 1 aromatic rings. The predicted molar refractivity (Wildman–Crippen MR) is 103 cm³/mol. The molecular weight excluding hydrogens is 350 g/mol. The average Bonchev–Trinajstić information content (AvgIpc) is 2.90. The van der Waals surface area contributed by atoms with E-state index in [-0.39, 0.29) is 24.5 Å². The lowest BCUT2D eigenvalue weighted by atomic mass is 9.97. The third-order valence-corrected chi connectivity index (χ3v) is 5.48. The molecule has 2 aliphatic rings. The van der Waals surface area contributed by atoms with Gasteiger partial charge in [0, 0.05) is 30.7 Å². The minimum atomic E-state index is -0.0715. The summed E-state index contributed by atoms with van der Waals surface area (Å²) in [6.45, 7) is 1.92. The Morgan fingerprint density at radius 3 is 2.50 bits per heavy atom. The topological polar surface area (TPSA) is 52.7 Å². The smallest absolute Gasteiger partial charge is 0.320 e. The first kappa shape index (κ1) is 19.0. The van der Waals surface area contributed by atoms with Crippen LogP contribution in [0.2, 0.25) is 5.02 Å². The van der Waals surface area contributed by atoms with E-state index in [2.05, 4.69) is 5.32 Å². The normalized spacial score (nSPS) is 19.3. The van der Waals surface area contributed by atoms with Crippen molar-refractivity contribution in [3.05, 3.63) is 34.9 Å². The van der Waals surface area contributed by atoms with Gasteiger partial charge in [-0.1, -0.05) is 55.8 Å². The van der Waals surface area contributed by atoms with Crippen molar-refractivity contribution in [2.75, 3.05) is 19.6 Å². The van der Waals surface area contributed by atoms with E-state index in [1.807, 2.05) is 24.3 Å². The molecule has 1 saturated carbocycles. The molecule has 1 aromatic carbocycles. The van der Waals surface area contributed by atoms with Gasteiger partial charge in [0.2, 0.25) is 5.91 Å². The molecule has 2 fully saturated rings. The van der Waals surface area contributed by atoms with E-state index in [9.17, 15) is 9.59 Å². The third-order valence-electron chi connectivity index (χ3n) is 5.25. The van der Waals surface area contributed by atoms with Gasteiger partial charge in [-0.25, -0.2) is 4.79 Å². The summed E-state index contributed by atoms with van der Waals surface area (Å²) in [5.41, 5.74) is 1.01. The first-order valence-electron chi connectivity index (χ1n) is 9.69. The van der Waals surface area contributed by atoms with Crippen LogP contribution in [0.15, 0.2) is 24.3 Å². The molecular formula is C20H28ClN3O2. The van der Waals surface area contributed by atoms with Crippen LogP contribution in [0.4, 0.5) is 4.79 Å². The Kier molecular flexibility index (Phi) is 6.78. The van der Waals surface area contributed by atoms with E-state index >= 15 is 0 Å². The molecule has 0 unspecified atom stereocenters. The SMILES string of the molecule is O=C(CN1CCN(Cc2cccc(Cl)c2)C1=O)NC1CCCCCCC1. The van der Waals surface area contributed by atoms with Crippen molar-refractivity contribution in [3.63, 3.8) is 0 Å². The number of urea groups is 1. The summed E-state index contributed by atoms with van der Waals surface area (Å²) in [4.78, 5) is 28.4. The van der Waals surface area contributed by atoms with Gasteiger partial charge in [0.25, 0.3) is 0 Å². The number of hydrogen-bond acceptors (Lipinski definition) is 2. The van der Waals surface area contributed by atoms with Crippen molar-refractivity contribution >= 4 is 23.5 Å². The van der Waals surface area contributed by atoms with E-state index in [1.54, 1.807) is 9.80 Å². The summed E-state index contributed by atoms with van der Waals surface area (Å²) in [5, 5.41) is 3.81. The minimum absolute atomic E-state index is 0.0338. The Morgan fingerprint density at radius 1 is 1.08 bits per heavy atom. The van der Waals surface area contributed by atoms with Crippen LogP contribution in [0.5, 0.6) is 0 Å². The van der Waals surface area contributed by atoms with E-state index in [0.717, 1.165) is 18.4 Å². The van der Waals surface area contributed by atoms with E-state index in [0.29, 0.717) is 24.7 Å². The van der Waals surface area contributed by atoms with Gasteiger partial charge < -0.3 is 15.1 Å². The molecule has 5 nitrogen and oxygen atoms in total. The van der Waals surface area contributed by atoms with E-state index in [4.69, 9.17) is 11.6 Å². The van der Waals surface area contributed by atoms with E-state index in [1.165, 1.54) is 32.1 Å². The van der Waals surface area contributed by atoms with Crippen molar-refractivity contribution in [3.8, 4) is 0 Å². The minimum Gasteiger partial charge on any atom is -0.352 e. The number of benzene rings is 1. The molecule has 1 heterocycles. The lowest BCUT2D eigenvalue weighted by Crippen LogP contribution is -2.43. The fraction of sp³-hybridized carbons (Fsp3) is 0.600. The lowest BCUT2D eigenvalue weighted by molar-refractivity contribution is -0.122. The zero-order valence-corrected chi connectivity index (χ0v) is 16.0. The summed E-state index contributed by atoms with van der Waals surface area (Å²) >= 11 is 6.01. The maximum absolute atomic E-state index is 12.6. The zero-order chi connectivity index (χ0) is 18.4. The van der Waals surface area contributed by atoms with Crippen LogP contribution < -0.4 is 5.32 Å². The number of carbonyl (C=O) groups excluding carboxylic acids is 2. The molecule has 1 aliphatic heterocycles. The molecule has 3 amide bonds. The summed E-state index contributed by atoms with van der Waals surface area (Å²) in [6, 6.07) is 7.74. The summed E-state index contributed by atoms with van der Waals surface area (Å²) in [7, 11) is 0. The molecule has 1 N–H and O–H groups in total. The Hall–Kier alpha value is -1.75. The highest BCUT2D eigenvalue weighted by molar-refractivity contribution is 6.30. The second-order valence-electron chi connectivity index (χ2n) is 7.37. The number of nitrogens with one attached hydrogen (secondary N) is 1. The van der Waals surface area contributed by atoms with Crippen molar-refractivity contribution < 1.29 is 9.59 Å². The lowest BCUT2D eigenvalue weighted by Gasteiger charge is -2.23. The first-order chi connectivity index (χ1) is 12.6. The maximum atomic E-state index is 12.6. The number of rotatable bonds is 5. The van der Waals surface area contributed by atoms with Crippen molar-refractivity contribution in [2.24, 2.45) is 0 Å². The van der Waals surface area contributed by atoms with Crippen LogP contribution in [0, 0.1) is 0 Å². The predicted octanol–water partition coefficient (Wildman–Crippen LogP) is 3.81. The molecule has 26 heavy (non-hydrogen) atoms. The Labute approximate surface area is 160 Å². The van der Waals surface area contributed by atoms with Crippen LogP contribution in [-0.2, 0) is 11.3 Å². The molecule has 0 bridgehead atoms. The molecule has 0 radical (unpaired) electrons. The highest BCUT2D eigenvalue weighted by Gasteiger charge is 2.30. The summed E-state index contributed by atoms with van der Waals surface area (Å²) in [5.74, 6) is -0.0338. The van der Waals surface area contributed by atoms with Gasteiger partial charge >= 0.3 is 6.03 Å². The maximum Gasteiger partial charge on any atom is 0.320 e. The van der Waals surface area contributed by atoms with Gasteiger partial charge in [0.1, 0.15) is 6.54 Å². The molecule has 142 valence electrons. The monoisotopic (exact) mass is 377 g/mol. The fourth-order valence-corrected chi connectivity index (χ4v) is 4.04. The highest BCUT2D eigenvalue weighted by atomic mass is 35.5. The fourth-order valence-electron chi connectivity index (χ4n) is 3.83. The average molecular weight is 378 g/mol. The summed E-state index contributed by atoms with van der Waals surface area (Å²) < 4.78 is 0. The number of hydrogen-bond donors (Lipinski definition) is 1. The van der Waals surface area contributed by atoms with Crippen LogP contribution in [0.1, 0.15) is 50.5 Å². The zero-order valence-electron chi connectivity index (χ0n) is 15.3. The van der Waals surface area contributed by atoms with Crippen molar-refractivity contribution in [2.45, 2.75) is 57.5 Å². The van der Waals surface area contributed by atoms with Gasteiger partial charge in [-0.3, -0.25) is 4.79 Å². The van der Waals surface area contributed by atoms with Crippen LogP contribution in [0.25, 0.3) is 0 Å². The molecule has 6 heteroatoms. The third kappa shape index (κ3) is 5.37. The summed E-state index contributed by atoms with van der Waals surface area (Å²) in [6.07, 6.45) is 8.31. The largest absolute Gasteiger partial charge is 0.352 e. The number of halogens is 1. The van der Waals surface area contributed by atoms with Crippen LogP contribution in [-0.4, -0.2) is 47.4 Å². The van der Waals surface area contributed by atoms with Crippen LogP contribution in [0.3, 0.4) is 0 Å². The standard InChI is InChI=1S/C20H28ClN3O2/c21-17-8-6-7-16(13-17)14-23-11-12-24(20(23)26)15-19(25)22-18-9-4-2-1-3-5-10-18/h6-8,13,18H,1-5,9-12,14-15H2,(H,22,25). The van der Waals surface area contributed by atoms with Crippen molar-refractivity contribution in [1.29, 1.82) is 0 Å². The molecule has 0 spiro atoms. The number of carbonyl (C=O) groups is 2. The Bertz CT molecular complexity index is 629. The Morgan fingerprint density at radius 2 is 1.77 bits per heavy atom. The van der Waals surface area contributed by atoms with Crippen molar-refractivity contribution in [1.82, 2.24) is 15.1 Å². The van der Waals surface area contributed by atoms with E-state index < -0.39 is 0 Å². The second kappa shape index (κ2) is 9.26. The quantitative estimate of drug-likeness (QED) is 0.848. The number of amides is 3. The molecule has 1 saturated heterocycles. The molecule has 0 aromatic heterocycles. The molecule has 1 aliphatic carbocycles. The first-order valence-corrected chi connectivity index (χ1v) is 10.1. The van der Waals surface area contributed by atoms with Gasteiger partial charge in [-0.2, -0.15) is 0 Å². The van der Waals surface area contributed by atoms with Gasteiger partial charge in [0.05, 0.1) is 0 Å².